The monoisotopic (exact) mass is 404 g/mol. The lowest BCUT2D eigenvalue weighted by atomic mass is 9.99. The van der Waals surface area contributed by atoms with Gasteiger partial charge in [0.2, 0.25) is 5.75 Å². The molecule has 0 aliphatic carbocycles. The zero-order chi connectivity index (χ0) is 21.3. The van der Waals surface area contributed by atoms with Crippen molar-refractivity contribution in [2.24, 2.45) is 5.16 Å². The quantitative estimate of drug-likeness (QED) is 0.277. The number of rotatable bonds is 6. The second-order valence-corrected chi connectivity index (χ2v) is 6.86. The molecule has 6 heteroatoms. The summed E-state index contributed by atoms with van der Waals surface area (Å²) in [6.45, 7) is 3.01. The highest BCUT2D eigenvalue weighted by Crippen LogP contribution is 2.39. The number of fused-ring (bicyclic) bond motifs is 3. The average Bonchev–Trinajstić information content (AvgIpc) is 3.11. The zero-order valence-corrected chi connectivity index (χ0v) is 17.5. The highest BCUT2D eigenvalue weighted by atomic mass is 16.5. The number of aryl methyl sites for hydroxylation is 1. The molecule has 0 bridgehead atoms. The molecule has 1 N–H and O–H groups in total. The normalized spacial score (nSPS) is 11.8. The van der Waals surface area contributed by atoms with Crippen LogP contribution in [-0.2, 0) is 6.54 Å². The standard InChI is InChI=1S/C24H24N2O4/c1-5-26-19-9-7-6-8-17(19)18-12-15(10-11-20(18)26)23(25-27)16-13-21(28-2)24(30-4)22(14-16)29-3/h6-14,27H,5H2,1-4H3/b25-23-. The number of oxime groups is 1. The van der Waals surface area contributed by atoms with E-state index in [-0.39, 0.29) is 0 Å². The number of aromatic nitrogens is 1. The Bertz CT molecular complexity index is 1230. The molecule has 4 aromatic rings. The Morgan fingerprint density at radius 1 is 0.833 bits per heavy atom. The van der Waals surface area contributed by atoms with Gasteiger partial charge < -0.3 is 24.0 Å². The van der Waals surface area contributed by atoms with Crippen molar-refractivity contribution in [3.05, 3.63) is 65.7 Å². The first-order valence-electron chi connectivity index (χ1n) is 9.70. The fourth-order valence-electron chi connectivity index (χ4n) is 4.04. The summed E-state index contributed by atoms with van der Waals surface area (Å²) in [6.07, 6.45) is 0. The molecular weight excluding hydrogens is 380 g/mol. The number of ether oxygens (including phenoxy) is 3. The number of hydrogen-bond donors (Lipinski definition) is 1. The topological polar surface area (TPSA) is 65.2 Å². The van der Waals surface area contributed by atoms with E-state index in [1.54, 1.807) is 33.5 Å². The number of nitrogens with zero attached hydrogens (tertiary/aromatic N) is 2. The van der Waals surface area contributed by atoms with Gasteiger partial charge in [-0.25, -0.2) is 0 Å². The van der Waals surface area contributed by atoms with Crippen LogP contribution in [0.1, 0.15) is 18.1 Å². The van der Waals surface area contributed by atoms with Crippen LogP contribution in [0.3, 0.4) is 0 Å². The Morgan fingerprint density at radius 3 is 2.10 bits per heavy atom. The number of hydrogen-bond acceptors (Lipinski definition) is 5. The summed E-state index contributed by atoms with van der Waals surface area (Å²) in [6, 6.07) is 18.0. The second-order valence-electron chi connectivity index (χ2n) is 6.86. The van der Waals surface area contributed by atoms with Crippen LogP contribution in [0.5, 0.6) is 17.2 Å². The van der Waals surface area contributed by atoms with Gasteiger partial charge in [-0.1, -0.05) is 29.4 Å². The molecule has 0 aliphatic heterocycles. The van der Waals surface area contributed by atoms with Crippen molar-refractivity contribution in [1.29, 1.82) is 0 Å². The fourth-order valence-corrected chi connectivity index (χ4v) is 4.04. The summed E-state index contributed by atoms with van der Waals surface area (Å²) >= 11 is 0. The maximum Gasteiger partial charge on any atom is 0.203 e. The van der Waals surface area contributed by atoms with Crippen LogP contribution in [-0.4, -0.2) is 36.8 Å². The van der Waals surface area contributed by atoms with E-state index in [1.807, 2.05) is 18.2 Å². The molecule has 3 aromatic carbocycles. The molecule has 1 aromatic heterocycles. The lowest BCUT2D eigenvalue weighted by Gasteiger charge is -2.15. The third-order valence-corrected chi connectivity index (χ3v) is 5.40. The van der Waals surface area contributed by atoms with Crippen LogP contribution in [0.15, 0.2) is 59.8 Å². The van der Waals surface area contributed by atoms with E-state index in [0.29, 0.717) is 28.5 Å². The Hall–Kier alpha value is -3.67. The maximum absolute atomic E-state index is 9.89. The van der Waals surface area contributed by atoms with E-state index in [0.717, 1.165) is 23.0 Å². The second kappa shape index (κ2) is 7.99. The van der Waals surface area contributed by atoms with E-state index >= 15 is 0 Å². The molecule has 6 nitrogen and oxygen atoms in total. The average molecular weight is 404 g/mol. The van der Waals surface area contributed by atoms with Crippen molar-refractivity contribution >= 4 is 27.5 Å². The summed E-state index contributed by atoms with van der Waals surface area (Å²) in [4.78, 5) is 0. The van der Waals surface area contributed by atoms with Crippen LogP contribution in [0.25, 0.3) is 21.8 Å². The van der Waals surface area contributed by atoms with E-state index in [9.17, 15) is 5.21 Å². The zero-order valence-electron chi connectivity index (χ0n) is 17.5. The van der Waals surface area contributed by atoms with Crippen molar-refractivity contribution in [3.8, 4) is 17.2 Å². The van der Waals surface area contributed by atoms with Gasteiger partial charge in [-0.3, -0.25) is 0 Å². The van der Waals surface area contributed by atoms with Crippen LogP contribution >= 0.6 is 0 Å². The lowest BCUT2D eigenvalue weighted by molar-refractivity contribution is 0.318. The van der Waals surface area contributed by atoms with Crippen molar-refractivity contribution in [3.63, 3.8) is 0 Å². The molecule has 0 unspecified atom stereocenters. The Morgan fingerprint density at radius 2 is 1.50 bits per heavy atom. The molecule has 154 valence electrons. The minimum Gasteiger partial charge on any atom is -0.493 e. The van der Waals surface area contributed by atoms with Gasteiger partial charge in [-0.15, -0.1) is 0 Å². The Labute approximate surface area is 174 Å². The van der Waals surface area contributed by atoms with Gasteiger partial charge in [0.25, 0.3) is 0 Å². The fraction of sp³-hybridized carbons (Fsp3) is 0.208. The number of methoxy groups -OCH3 is 3. The Kier molecular flexibility index (Phi) is 5.23. The largest absolute Gasteiger partial charge is 0.493 e. The maximum atomic E-state index is 9.89. The molecule has 0 aliphatic rings. The van der Waals surface area contributed by atoms with Gasteiger partial charge in [0.15, 0.2) is 11.5 Å². The molecule has 0 saturated heterocycles. The number of para-hydroxylation sites is 1. The predicted octanol–water partition coefficient (Wildman–Crippen LogP) is 5.07. The molecule has 0 spiro atoms. The first-order valence-corrected chi connectivity index (χ1v) is 9.70. The first-order chi connectivity index (χ1) is 14.7. The summed E-state index contributed by atoms with van der Waals surface area (Å²) in [5.41, 5.74) is 4.19. The molecule has 30 heavy (non-hydrogen) atoms. The molecule has 0 fully saturated rings. The summed E-state index contributed by atoms with van der Waals surface area (Å²) in [5, 5.41) is 15.8. The smallest absolute Gasteiger partial charge is 0.203 e. The third kappa shape index (κ3) is 3.01. The van der Waals surface area contributed by atoms with Crippen molar-refractivity contribution in [1.82, 2.24) is 4.57 Å². The highest BCUT2D eigenvalue weighted by Gasteiger charge is 2.19. The first kappa shape index (κ1) is 19.6. The summed E-state index contributed by atoms with van der Waals surface area (Å²) in [5.74, 6) is 1.48. The molecule has 0 amide bonds. The molecule has 1 heterocycles. The molecule has 0 radical (unpaired) electrons. The minimum absolute atomic E-state index is 0.421. The van der Waals surface area contributed by atoms with E-state index < -0.39 is 0 Å². The van der Waals surface area contributed by atoms with Crippen LogP contribution in [0.4, 0.5) is 0 Å². The van der Waals surface area contributed by atoms with E-state index in [1.165, 1.54) is 10.9 Å². The molecule has 4 rings (SSSR count). The van der Waals surface area contributed by atoms with Crippen LogP contribution in [0.2, 0.25) is 0 Å². The third-order valence-electron chi connectivity index (χ3n) is 5.40. The van der Waals surface area contributed by atoms with Gasteiger partial charge in [-0.2, -0.15) is 0 Å². The summed E-state index contributed by atoms with van der Waals surface area (Å²) < 4.78 is 18.6. The van der Waals surface area contributed by atoms with Gasteiger partial charge in [0, 0.05) is 39.5 Å². The van der Waals surface area contributed by atoms with Gasteiger partial charge in [0.1, 0.15) is 5.71 Å². The van der Waals surface area contributed by atoms with Crippen molar-refractivity contribution in [2.75, 3.05) is 21.3 Å². The van der Waals surface area contributed by atoms with Gasteiger partial charge >= 0.3 is 0 Å². The highest BCUT2D eigenvalue weighted by molar-refractivity contribution is 6.17. The SMILES string of the molecule is CCn1c2ccccc2c2cc(/C(=N/O)c3cc(OC)c(OC)c(OC)c3)ccc21. The van der Waals surface area contributed by atoms with Crippen molar-refractivity contribution < 1.29 is 19.4 Å². The van der Waals surface area contributed by atoms with Crippen molar-refractivity contribution in [2.45, 2.75) is 13.5 Å². The van der Waals surface area contributed by atoms with Gasteiger partial charge in [-0.05, 0) is 37.3 Å². The van der Waals surface area contributed by atoms with Crippen LogP contribution in [0, 0.1) is 0 Å². The molecular formula is C24H24N2O4. The Balaban J connectivity index is 1.92. The predicted molar refractivity (Wildman–Crippen MR) is 119 cm³/mol. The summed E-state index contributed by atoms with van der Waals surface area (Å²) in [7, 11) is 4.67. The molecule has 0 atom stereocenters. The molecule has 0 saturated carbocycles. The van der Waals surface area contributed by atoms with Gasteiger partial charge in [0.05, 0.1) is 21.3 Å². The lowest BCUT2D eigenvalue weighted by Crippen LogP contribution is -2.06. The van der Waals surface area contributed by atoms with Crippen LogP contribution < -0.4 is 14.2 Å². The number of benzene rings is 3. The van der Waals surface area contributed by atoms with E-state index in [4.69, 9.17) is 14.2 Å². The van der Waals surface area contributed by atoms with E-state index in [2.05, 4.69) is 40.9 Å². The minimum atomic E-state index is 0.421.